The lowest BCUT2D eigenvalue weighted by atomic mass is 10.1. The quantitative estimate of drug-likeness (QED) is 0.300. The summed E-state index contributed by atoms with van der Waals surface area (Å²) in [6.07, 6.45) is 1.91. The Morgan fingerprint density at radius 2 is 1.71 bits per heavy atom. The summed E-state index contributed by atoms with van der Waals surface area (Å²) >= 11 is 1.43. The van der Waals surface area contributed by atoms with Crippen molar-refractivity contribution in [2.75, 3.05) is 23.0 Å². The van der Waals surface area contributed by atoms with Crippen molar-refractivity contribution in [1.82, 2.24) is 4.98 Å². The predicted octanol–water partition coefficient (Wildman–Crippen LogP) is 6.62. The zero-order chi connectivity index (χ0) is 23.7. The molecule has 0 unspecified atom stereocenters. The summed E-state index contributed by atoms with van der Waals surface area (Å²) in [5, 5.41) is 10.8. The van der Waals surface area contributed by atoms with Gasteiger partial charge in [0.15, 0.2) is 0 Å². The molecule has 170 valence electrons. The molecular formula is C28H26N4OS. The maximum atomic E-state index is 13.2. The zero-order valence-electron chi connectivity index (χ0n) is 19.5. The number of benzene rings is 3. The molecule has 3 aromatic carbocycles. The lowest BCUT2D eigenvalue weighted by molar-refractivity contribution is -0.114. The number of amides is 1. The van der Waals surface area contributed by atoms with E-state index in [2.05, 4.69) is 66.3 Å². The van der Waals surface area contributed by atoms with Gasteiger partial charge in [-0.2, -0.15) is 10.1 Å². The Hall–Kier alpha value is -3.77. The maximum Gasteiger partial charge on any atom is 0.282 e. The van der Waals surface area contributed by atoms with Crippen LogP contribution in [0.15, 0.2) is 82.8 Å². The van der Waals surface area contributed by atoms with Crippen molar-refractivity contribution in [3.8, 4) is 11.3 Å². The maximum absolute atomic E-state index is 13.2. The second-order valence-electron chi connectivity index (χ2n) is 8.20. The lowest BCUT2D eigenvalue weighted by Crippen LogP contribution is -2.21. The molecule has 0 aliphatic carbocycles. The average Bonchev–Trinajstić information content (AvgIpc) is 3.46. The number of thiazole rings is 1. The molecule has 0 atom stereocenters. The summed E-state index contributed by atoms with van der Waals surface area (Å²) in [7, 11) is 0. The lowest BCUT2D eigenvalue weighted by Gasteiger charge is -2.20. The summed E-state index contributed by atoms with van der Waals surface area (Å²) in [6.45, 7) is 8.09. The molecule has 5 nitrogen and oxygen atoms in total. The third-order valence-corrected chi connectivity index (χ3v) is 6.93. The van der Waals surface area contributed by atoms with Gasteiger partial charge >= 0.3 is 0 Å². The van der Waals surface area contributed by atoms with Crippen LogP contribution in [0.5, 0.6) is 0 Å². The van der Waals surface area contributed by atoms with E-state index in [9.17, 15) is 4.79 Å². The molecule has 1 aliphatic rings. The van der Waals surface area contributed by atoms with Crippen LogP contribution < -0.4 is 9.91 Å². The van der Waals surface area contributed by atoms with Crippen LogP contribution in [0.4, 0.5) is 10.8 Å². The van der Waals surface area contributed by atoms with Crippen LogP contribution in [0, 0.1) is 0 Å². The molecule has 0 fully saturated rings. The summed E-state index contributed by atoms with van der Waals surface area (Å²) in [5.41, 5.74) is 5.32. The predicted molar refractivity (Wildman–Crippen MR) is 144 cm³/mol. The zero-order valence-corrected chi connectivity index (χ0v) is 20.3. The van der Waals surface area contributed by atoms with Gasteiger partial charge in [-0.3, -0.25) is 4.79 Å². The summed E-state index contributed by atoms with van der Waals surface area (Å²) in [4.78, 5) is 20.2. The van der Waals surface area contributed by atoms with Gasteiger partial charge in [-0.15, -0.1) is 11.3 Å². The van der Waals surface area contributed by atoms with Gasteiger partial charge < -0.3 is 4.90 Å². The molecule has 0 saturated carbocycles. The summed E-state index contributed by atoms with van der Waals surface area (Å²) in [6, 6.07) is 22.8. The first-order valence-electron chi connectivity index (χ1n) is 11.5. The molecule has 34 heavy (non-hydrogen) atoms. The van der Waals surface area contributed by atoms with Crippen molar-refractivity contribution in [1.29, 1.82) is 0 Å². The van der Waals surface area contributed by atoms with Crippen LogP contribution in [-0.2, 0) is 4.79 Å². The van der Waals surface area contributed by atoms with Gasteiger partial charge in [0, 0.05) is 29.7 Å². The van der Waals surface area contributed by atoms with E-state index in [0.717, 1.165) is 35.3 Å². The van der Waals surface area contributed by atoms with Crippen molar-refractivity contribution >= 4 is 50.6 Å². The number of aromatic nitrogens is 1. The third-order valence-electron chi connectivity index (χ3n) is 6.11. The number of hydrazone groups is 1. The van der Waals surface area contributed by atoms with Crippen LogP contribution in [0.2, 0.25) is 0 Å². The van der Waals surface area contributed by atoms with Gasteiger partial charge in [-0.25, -0.2) is 4.98 Å². The molecule has 1 amide bonds. The van der Waals surface area contributed by atoms with Gasteiger partial charge in [0.25, 0.3) is 5.91 Å². The fraction of sp³-hybridized carbons (Fsp3) is 0.179. The minimum atomic E-state index is -0.148. The van der Waals surface area contributed by atoms with Crippen molar-refractivity contribution < 1.29 is 4.79 Å². The Balaban J connectivity index is 1.38. The first-order valence-corrected chi connectivity index (χ1v) is 12.4. The molecule has 0 spiro atoms. The number of nitrogens with zero attached hydrogens (tertiary/aromatic N) is 4. The highest BCUT2D eigenvalue weighted by Crippen LogP contribution is 2.32. The highest BCUT2D eigenvalue weighted by Gasteiger charge is 2.30. The Labute approximate surface area is 203 Å². The normalized spacial score (nSPS) is 14.8. The second kappa shape index (κ2) is 9.23. The Kier molecular flexibility index (Phi) is 5.99. The highest BCUT2D eigenvalue weighted by atomic mass is 32.1. The van der Waals surface area contributed by atoms with Crippen LogP contribution in [0.3, 0.4) is 0 Å². The summed E-state index contributed by atoms with van der Waals surface area (Å²) < 4.78 is 0. The monoisotopic (exact) mass is 466 g/mol. The van der Waals surface area contributed by atoms with Gasteiger partial charge in [0.05, 0.1) is 17.0 Å². The first-order chi connectivity index (χ1) is 16.6. The molecule has 4 aromatic rings. The number of anilines is 2. The van der Waals surface area contributed by atoms with E-state index in [4.69, 9.17) is 4.98 Å². The number of carbonyl (C=O) groups excluding carboxylic acids is 1. The van der Waals surface area contributed by atoms with E-state index in [-0.39, 0.29) is 5.91 Å². The smallest absolute Gasteiger partial charge is 0.282 e. The van der Waals surface area contributed by atoms with Gasteiger partial charge in [-0.05, 0) is 61.4 Å². The van der Waals surface area contributed by atoms with Gasteiger partial charge in [-0.1, -0.05) is 48.5 Å². The van der Waals surface area contributed by atoms with E-state index >= 15 is 0 Å². The largest absolute Gasteiger partial charge is 0.372 e. The van der Waals surface area contributed by atoms with E-state index in [1.54, 1.807) is 0 Å². The average molecular weight is 467 g/mol. The van der Waals surface area contributed by atoms with Crippen molar-refractivity contribution in [3.63, 3.8) is 0 Å². The number of hydrogen-bond acceptors (Lipinski definition) is 5. The van der Waals surface area contributed by atoms with Crippen LogP contribution in [-0.4, -0.2) is 29.7 Å². The fourth-order valence-electron chi connectivity index (χ4n) is 4.19. The molecule has 1 aromatic heterocycles. The Morgan fingerprint density at radius 1 is 0.971 bits per heavy atom. The molecule has 0 bridgehead atoms. The third kappa shape index (κ3) is 4.13. The van der Waals surface area contributed by atoms with Crippen molar-refractivity contribution in [3.05, 3.63) is 83.2 Å². The van der Waals surface area contributed by atoms with Crippen LogP contribution in [0.25, 0.3) is 28.1 Å². The highest BCUT2D eigenvalue weighted by molar-refractivity contribution is 7.14. The van der Waals surface area contributed by atoms with Crippen molar-refractivity contribution in [2.24, 2.45) is 5.10 Å². The minimum absolute atomic E-state index is 0.148. The SMILES string of the molecule is CCN(CC)c1ccc(/C=C2\C(=O)N(c3nc(-c4ccc5ccccc5c4)cs3)N=C2C)cc1. The Bertz CT molecular complexity index is 1410. The molecule has 6 heteroatoms. The molecule has 2 heterocycles. The molecule has 0 radical (unpaired) electrons. The molecule has 1 aliphatic heterocycles. The Morgan fingerprint density at radius 3 is 2.44 bits per heavy atom. The minimum Gasteiger partial charge on any atom is -0.372 e. The summed E-state index contributed by atoms with van der Waals surface area (Å²) in [5.74, 6) is -0.148. The molecule has 0 N–H and O–H groups in total. The van der Waals surface area contributed by atoms with E-state index in [0.29, 0.717) is 16.4 Å². The van der Waals surface area contributed by atoms with E-state index in [1.807, 2.05) is 42.6 Å². The van der Waals surface area contributed by atoms with Crippen LogP contribution in [0.1, 0.15) is 26.3 Å². The second-order valence-corrected chi connectivity index (χ2v) is 9.04. The fourth-order valence-corrected chi connectivity index (χ4v) is 4.97. The van der Waals surface area contributed by atoms with Crippen LogP contribution >= 0.6 is 11.3 Å². The number of rotatable bonds is 6. The first kappa shape index (κ1) is 22.0. The number of carbonyl (C=O) groups is 1. The molecular weight excluding hydrogens is 440 g/mol. The van der Waals surface area contributed by atoms with Crippen molar-refractivity contribution in [2.45, 2.75) is 20.8 Å². The number of hydrogen-bond donors (Lipinski definition) is 0. The topological polar surface area (TPSA) is 48.8 Å². The van der Waals surface area contributed by atoms with Gasteiger partial charge in [0.1, 0.15) is 0 Å². The van der Waals surface area contributed by atoms with Gasteiger partial charge in [0.2, 0.25) is 5.13 Å². The molecule has 0 saturated heterocycles. The standard InChI is InChI=1S/C28H26N4OS/c1-4-31(5-2)24-14-10-20(11-15-24)16-25-19(3)30-32(27(25)33)28-29-26(18-34-28)23-13-12-21-8-6-7-9-22(21)17-23/h6-18H,4-5H2,1-3H3/b25-16-. The molecule has 5 rings (SSSR count). The number of fused-ring (bicyclic) bond motifs is 1. The van der Waals surface area contributed by atoms with E-state index in [1.165, 1.54) is 27.4 Å². The van der Waals surface area contributed by atoms with E-state index < -0.39 is 0 Å².